The van der Waals surface area contributed by atoms with Crippen LogP contribution in [-0.4, -0.2) is 17.4 Å². The zero-order chi connectivity index (χ0) is 11.1. The Labute approximate surface area is 89.9 Å². The molecule has 1 heterocycles. The van der Waals surface area contributed by atoms with Crippen LogP contribution in [0.4, 0.5) is 0 Å². The quantitative estimate of drug-likeness (QED) is 0.579. The summed E-state index contributed by atoms with van der Waals surface area (Å²) in [5, 5.41) is 2.68. The lowest BCUT2D eigenvalue weighted by Gasteiger charge is -1.95. The van der Waals surface area contributed by atoms with Crippen LogP contribution in [0.5, 0.6) is 0 Å². The molecule has 0 aromatic carbocycles. The third-order valence-corrected chi connectivity index (χ3v) is 1.76. The van der Waals surface area contributed by atoms with Crippen LogP contribution in [0.15, 0.2) is 18.3 Å². The summed E-state index contributed by atoms with van der Waals surface area (Å²) in [5.41, 5.74) is 1.92. The second-order valence-corrected chi connectivity index (χ2v) is 3.25. The van der Waals surface area contributed by atoms with E-state index in [0.717, 1.165) is 11.3 Å². The van der Waals surface area contributed by atoms with Gasteiger partial charge in [-0.1, -0.05) is 5.92 Å². The molecule has 1 N–H and O–H groups in total. The molecule has 0 spiro atoms. The van der Waals surface area contributed by atoms with E-state index in [1.165, 1.54) is 6.92 Å². The van der Waals surface area contributed by atoms with Crippen molar-refractivity contribution in [1.29, 1.82) is 0 Å². The molecule has 0 fully saturated rings. The summed E-state index contributed by atoms with van der Waals surface area (Å²) in [7, 11) is 0. The number of hydrogen-bond donors (Lipinski definition) is 1. The first-order valence-electron chi connectivity index (χ1n) is 4.84. The van der Waals surface area contributed by atoms with Crippen molar-refractivity contribution in [3.63, 3.8) is 0 Å². The van der Waals surface area contributed by atoms with Crippen LogP contribution in [0.3, 0.4) is 0 Å². The minimum atomic E-state index is -0.0227. The van der Waals surface area contributed by atoms with Crippen molar-refractivity contribution in [2.75, 3.05) is 6.54 Å². The summed E-state index contributed by atoms with van der Waals surface area (Å²) in [4.78, 5) is 14.7. The van der Waals surface area contributed by atoms with Gasteiger partial charge in [0.05, 0.1) is 0 Å². The second kappa shape index (κ2) is 5.82. The Morgan fingerprint density at radius 1 is 1.60 bits per heavy atom. The molecule has 0 saturated heterocycles. The highest BCUT2D eigenvalue weighted by Gasteiger charge is 1.89. The molecule has 1 rings (SSSR count). The molecule has 1 aromatic heterocycles. The fraction of sp³-hybridized carbons (Fsp3) is 0.333. The smallest absolute Gasteiger partial charge is 0.216 e. The molecule has 0 radical (unpaired) electrons. The predicted molar refractivity (Wildman–Crippen MR) is 59.2 cm³/mol. The van der Waals surface area contributed by atoms with E-state index in [1.807, 2.05) is 19.1 Å². The lowest BCUT2D eigenvalue weighted by atomic mass is 10.2. The van der Waals surface area contributed by atoms with Gasteiger partial charge in [-0.25, -0.2) is 4.98 Å². The maximum absolute atomic E-state index is 10.5. The van der Waals surface area contributed by atoms with Gasteiger partial charge in [-0.15, -0.1) is 0 Å². The van der Waals surface area contributed by atoms with Gasteiger partial charge >= 0.3 is 0 Å². The lowest BCUT2D eigenvalue weighted by molar-refractivity contribution is -0.118. The van der Waals surface area contributed by atoms with E-state index in [9.17, 15) is 4.79 Å². The molecule has 78 valence electrons. The molecule has 1 aromatic rings. The van der Waals surface area contributed by atoms with E-state index in [2.05, 4.69) is 22.1 Å². The first-order chi connectivity index (χ1) is 7.18. The van der Waals surface area contributed by atoms with Gasteiger partial charge in [0.25, 0.3) is 0 Å². The molecule has 0 bridgehead atoms. The van der Waals surface area contributed by atoms with Gasteiger partial charge in [-0.3, -0.25) is 4.79 Å². The van der Waals surface area contributed by atoms with E-state index >= 15 is 0 Å². The first-order valence-corrected chi connectivity index (χ1v) is 4.84. The Hall–Kier alpha value is -1.82. The maximum atomic E-state index is 10.5. The van der Waals surface area contributed by atoms with Crippen LogP contribution in [0.25, 0.3) is 0 Å². The Bertz CT molecular complexity index is 402. The van der Waals surface area contributed by atoms with E-state index in [0.29, 0.717) is 13.0 Å². The highest BCUT2D eigenvalue weighted by Crippen LogP contribution is 1.97. The number of pyridine rings is 1. The summed E-state index contributed by atoms with van der Waals surface area (Å²) >= 11 is 0. The number of amides is 1. The topological polar surface area (TPSA) is 42.0 Å². The monoisotopic (exact) mass is 202 g/mol. The summed E-state index contributed by atoms with van der Waals surface area (Å²) in [6.07, 6.45) is 2.39. The van der Waals surface area contributed by atoms with Gasteiger partial charge in [0.2, 0.25) is 5.91 Å². The standard InChI is InChI=1S/C12H14N2O/c1-10-6-8-14-12(9-10)5-3-4-7-13-11(2)15/h6,8-9H,4,7H2,1-2H3,(H,13,15). The number of aryl methyl sites for hydroxylation is 1. The van der Waals surface area contributed by atoms with Crippen molar-refractivity contribution in [3.8, 4) is 11.8 Å². The summed E-state index contributed by atoms with van der Waals surface area (Å²) < 4.78 is 0. The third-order valence-electron chi connectivity index (χ3n) is 1.76. The Morgan fingerprint density at radius 2 is 2.40 bits per heavy atom. The van der Waals surface area contributed by atoms with E-state index in [-0.39, 0.29) is 5.91 Å². The number of aromatic nitrogens is 1. The van der Waals surface area contributed by atoms with E-state index < -0.39 is 0 Å². The number of carbonyl (C=O) groups excluding carboxylic acids is 1. The molecule has 0 aliphatic rings. The zero-order valence-corrected chi connectivity index (χ0v) is 9.00. The Balaban J connectivity index is 2.41. The highest BCUT2D eigenvalue weighted by molar-refractivity contribution is 5.72. The summed E-state index contributed by atoms with van der Waals surface area (Å²) in [6, 6.07) is 3.87. The largest absolute Gasteiger partial charge is 0.355 e. The number of nitrogens with zero attached hydrogens (tertiary/aromatic N) is 1. The second-order valence-electron chi connectivity index (χ2n) is 3.25. The first kappa shape index (κ1) is 11.3. The third kappa shape index (κ3) is 4.82. The summed E-state index contributed by atoms with van der Waals surface area (Å²) in [5.74, 6) is 5.88. The van der Waals surface area contributed by atoms with Crippen molar-refractivity contribution in [2.45, 2.75) is 20.3 Å². The van der Waals surface area contributed by atoms with Gasteiger partial charge < -0.3 is 5.32 Å². The zero-order valence-electron chi connectivity index (χ0n) is 9.00. The normalized spacial score (nSPS) is 8.93. The number of hydrogen-bond acceptors (Lipinski definition) is 2. The average Bonchev–Trinajstić information content (AvgIpc) is 2.17. The van der Waals surface area contributed by atoms with Crippen molar-refractivity contribution >= 4 is 5.91 Å². The van der Waals surface area contributed by atoms with Crippen molar-refractivity contribution < 1.29 is 4.79 Å². The van der Waals surface area contributed by atoms with E-state index in [1.54, 1.807) is 6.20 Å². The van der Waals surface area contributed by atoms with Crippen LogP contribution in [-0.2, 0) is 4.79 Å². The van der Waals surface area contributed by atoms with Gasteiger partial charge in [0, 0.05) is 26.1 Å². The van der Waals surface area contributed by atoms with Crippen LogP contribution in [0.1, 0.15) is 24.6 Å². The van der Waals surface area contributed by atoms with Gasteiger partial charge in [0.1, 0.15) is 5.69 Å². The maximum Gasteiger partial charge on any atom is 0.216 e. The molecule has 0 saturated carbocycles. The van der Waals surface area contributed by atoms with Crippen molar-refractivity contribution in [1.82, 2.24) is 10.3 Å². The predicted octanol–water partition coefficient (Wildman–Crippen LogP) is 1.27. The van der Waals surface area contributed by atoms with Crippen LogP contribution < -0.4 is 5.32 Å². The molecule has 0 aliphatic carbocycles. The Kier molecular flexibility index (Phi) is 4.36. The number of carbonyl (C=O) groups is 1. The molecule has 3 heteroatoms. The molecule has 1 amide bonds. The SMILES string of the molecule is CC(=O)NCCC#Cc1cc(C)ccn1. The van der Waals surface area contributed by atoms with Gasteiger partial charge in [0.15, 0.2) is 0 Å². The molecular formula is C12H14N2O. The number of rotatable bonds is 2. The Morgan fingerprint density at radius 3 is 3.07 bits per heavy atom. The molecule has 15 heavy (non-hydrogen) atoms. The lowest BCUT2D eigenvalue weighted by Crippen LogP contribution is -2.20. The van der Waals surface area contributed by atoms with Crippen molar-refractivity contribution in [3.05, 3.63) is 29.6 Å². The van der Waals surface area contributed by atoms with E-state index in [4.69, 9.17) is 0 Å². The molecular weight excluding hydrogens is 188 g/mol. The van der Waals surface area contributed by atoms with Gasteiger partial charge in [-0.2, -0.15) is 0 Å². The minimum Gasteiger partial charge on any atom is -0.355 e. The van der Waals surface area contributed by atoms with Crippen molar-refractivity contribution in [2.24, 2.45) is 0 Å². The van der Waals surface area contributed by atoms with Gasteiger partial charge in [-0.05, 0) is 30.5 Å². The minimum absolute atomic E-state index is 0.0227. The van der Waals surface area contributed by atoms with Crippen LogP contribution >= 0.6 is 0 Å². The summed E-state index contributed by atoms with van der Waals surface area (Å²) in [6.45, 7) is 4.09. The molecule has 0 aliphatic heterocycles. The molecule has 0 atom stereocenters. The van der Waals surface area contributed by atoms with Crippen LogP contribution in [0, 0.1) is 18.8 Å². The fourth-order valence-electron chi connectivity index (χ4n) is 1.06. The average molecular weight is 202 g/mol. The number of nitrogens with one attached hydrogen (secondary N) is 1. The molecule has 3 nitrogen and oxygen atoms in total. The molecule has 0 unspecified atom stereocenters. The highest BCUT2D eigenvalue weighted by atomic mass is 16.1. The fourth-order valence-corrected chi connectivity index (χ4v) is 1.06. The van der Waals surface area contributed by atoms with Crippen LogP contribution in [0.2, 0.25) is 0 Å².